The summed E-state index contributed by atoms with van der Waals surface area (Å²) in [6.07, 6.45) is 2.31. The molecule has 2 rings (SSSR count). The van der Waals surface area contributed by atoms with E-state index in [-0.39, 0.29) is 6.10 Å². The molecule has 0 aliphatic heterocycles. The first-order valence-corrected chi connectivity index (χ1v) is 6.35. The maximum atomic E-state index is 9.19. The molecule has 0 bridgehead atoms. The number of aliphatic hydroxyl groups excluding tert-OH is 1. The van der Waals surface area contributed by atoms with E-state index in [9.17, 15) is 5.11 Å². The van der Waals surface area contributed by atoms with Gasteiger partial charge in [-0.1, -0.05) is 18.2 Å². The molecular formula is C14H21NO2. The van der Waals surface area contributed by atoms with Crippen molar-refractivity contribution >= 4 is 0 Å². The summed E-state index contributed by atoms with van der Waals surface area (Å²) >= 11 is 0. The minimum absolute atomic E-state index is 0.311. The fourth-order valence-corrected chi connectivity index (χ4v) is 1.70. The molecule has 1 aliphatic carbocycles. The molecule has 0 aromatic heterocycles. The molecule has 1 aromatic carbocycles. The van der Waals surface area contributed by atoms with Gasteiger partial charge in [-0.25, -0.2) is 0 Å². The Bertz CT molecular complexity index is 348. The number of ether oxygens (including phenoxy) is 1. The highest BCUT2D eigenvalue weighted by Crippen LogP contribution is 2.30. The summed E-state index contributed by atoms with van der Waals surface area (Å²) in [5, 5.41) is 12.4. The van der Waals surface area contributed by atoms with Crippen molar-refractivity contribution in [2.45, 2.75) is 32.4 Å². The Balaban J connectivity index is 1.85. The topological polar surface area (TPSA) is 41.5 Å². The maximum absolute atomic E-state index is 9.19. The highest BCUT2D eigenvalue weighted by atomic mass is 16.5. The van der Waals surface area contributed by atoms with Crippen LogP contribution in [-0.4, -0.2) is 24.4 Å². The Morgan fingerprint density at radius 2 is 2.18 bits per heavy atom. The van der Waals surface area contributed by atoms with Crippen LogP contribution in [0, 0.1) is 5.92 Å². The van der Waals surface area contributed by atoms with Crippen molar-refractivity contribution in [1.82, 2.24) is 5.32 Å². The van der Waals surface area contributed by atoms with Gasteiger partial charge in [0, 0.05) is 18.7 Å². The van der Waals surface area contributed by atoms with E-state index < -0.39 is 0 Å². The summed E-state index contributed by atoms with van der Waals surface area (Å²) in [4.78, 5) is 0. The van der Waals surface area contributed by atoms with E-state index in [2.05, 4.69) is 11.4 Å². The van der Waals surface area contributed by atoms with Crippen LogP contribution >= 0.6 is 0 Å². The van der Waals surface area contributed by atoms with E-state index in [0.717, 1.165) is 30.4 Å². The predicted molar refractivity (Wildman–Crippen MR) is 68.0 cm³/mol. The van der Waals surface area contributed by atoms with Gasteiger partial charge in [0.15, 0.2) is 0 Å². The molecule has 0 amide bonds. The molecule has 0 spiro atoms. The summed E-state index contributed by atoms with van der Waals surface area (Å²) in [6, 6.07) is 8.10. The number of hydrogen-bond acceptors (Lipinski definition) is 3. The third-order valence-electron chi connectivity index (χ3n) is 2.90. The molecule has 0 saturated heterocycles. The summed E-state index contributed by atoms with van der Waals surface area (Å²) in [6.45, 7) is 3.97. The SMILES string of the molecule is CC(O)CNCc1ccccc1OCC1CC1. The summed E-state index contributed by atoms with van der Waals surface area (Å²) in [5.41, 5.74) is 1.16. The normalized spacial score (nSPS) is 16.8. The molecule has 1 aliphatic rings. The number of hydrogen-bond donors (Lipinski definition) is 2. The first-order valence-electron chi connectivity index (χ1n) is 6.35. The molecule has 94 valence electrons. The van der Waals surface area contributed by atoms with Gasteiger partial charge in [-0.3, -0.25) is 0 Å². The Morgan fingerprint density at radius 3 is 2.88 bits per heavy atom. The van der Waals surface area contributed by atoms with E-state index in [0.29, 0.717) is 6.54 Å². The summed E-state index contributed by atoms with van der Waals surface area (Å²) < 4.78 is 5.82. The van der Waals surface area contributed by atoms with E-state index in [1.165, 1.54) is 12.8 Å². The highest BCUT2D eigenvalue weighted by Gasteiger charge is 2.22. The number of para-hydroxylation sites is 1. The molecule has 1 aromatic rings. The van der Waals surface area contributed by atoms with Gasteiger partial charge in [-0.15, -0.1) is 0 Å². The van der Waals surface area contributed by atoms with Crippen LogP contribution in [0.4, 0.5) is 0 Å². The van der Waals surface area contributed by atoms with Gasteiger partial charge < -0.3 is 15.2 Å². The van der Waals surface area contributed by atoms with Crippen molar-refractivity contribution in [3.05, 3.63) is 29.8 Å². The smallest absolute Gasteiger partial charge is 0.123 e. The van der Waals surface area contributed by atoms with Crippen molar-refractivity contribution in [3.8, 4) is 5.75 Å². The lowest BCUT2D eigenvalue weighted by Crippen LogP contribution is -2.24. The van der Waals surface area contributed by atoms with Gasteiger partial charge in [0.2, 0.25) is 0 Å². The van der Waals surface area contributed by atoms with Crippen LogP contribution in [0.5, 0.6) is 5.75 Å². The standard InChI is InChI=1S/C14H21NO2/c1-11(16)8-15-9-13-4-2-3-5-14(13)17-10-12-6-7-12/h2-5,11-12,15-16H,6-10H2,1H3. The number of rotatable bonds is 7. The quantitative estimate of drug-likeness (QED) is 0.759. The zero-order valence-corrected chi connectivity index (χ0v) is 10.4. The minimum Gasteiger partial charge on any atom is -0.493 e. The average Bonchev–Trinajstić information content (AvgIpc) is 3.11. The predicted octanol–water partition coefficient (Wildman–Crippen LogP) is 1.95. The monoisotopic (exact) mass is 235 g/mol. The molecule has 3 nitrogen and oxygen atoms in total. The van der Waals surface area contributed by atoms with Crippen molar-refractivity contribution in [2.75, 3.05) is 13.2 Å². The van der Waals surface area contributed by atoms with E-state index in [1.807, 2.05) is 18.2 Å². The molecule has 2 N–H and O–H groups in total. The maximum Gasteiger partial charge on any atom is 0.123 e. The van der Waals surface area contributed by atoms with Gasteiger partial charge in [0.1, 0.15) is 5.75 Å². The molecule has 0 heterocycles. The third kappa shape index (κ3) is 4.36. The molecule has 1 atom stereocenters. The van der Waals surface area contributed by atoms with Crippen LogP contribution in [-0.2, 0) is 6.54 Å². The Morgan fingerprint density at radius 1 is 1.41 bits per heavy atom. The van der Waals surface area contributed by atoms with Crippen LogP contribution in [0.1, 0.15) is 25.3 Å². The van der Waals surface area contributed by atoms with Gasteiger partial charge in [0.25, 0.3) is 0 Å². The van der Waals surface area contributed by atoms with Crippen LogP contribution in [0.2, 0.25) is 0 Å². The zero-order valence-electron chi connectivity index (χ0n) is 10.4. The highest BCUT2D eigenvalue weighted by molar-refractivity contribution is 5.33. The molecule has 17 heavy (non-hydrogen) atoms. The molecule has 1 unspecified atom stereocenters. The largest absolute Gasteiger partial charge is 0.493 e. The van der Waals surface area contributed by atoms with Crippen LogP contribution < -0.4 is 10.1 Å². The fraction of sp³-hybridized carbons (Fsp3) is 0.571. The molecule has 3 heteroatoms. The number of benzene rings is 1. The van der Waals surface area contributed by atoms with Gasteiger partial charge >= 0.3 is 0 Å². The second kappa shape index (κ2) is 6.03. The van der Waals surface area contributed by atoms with Crippen LogP contribution in [0.3, 0.4) is 0 Å². The lowest BCUT2D eigenvalue weighted by atomic mass is 10.2. The van der Waals surface area contributed by atoms with Gasteiger partial charge in [-0.05, 0) is 31.7 Å². The summed E-state index contributed by atoms with van der Waals surface area (Å²) in [5.74, 6) is 1.74. The fourth-order valence-electron chi connectivity index (χ4n) is 1.70. The third-order valence-corrected chi connectivity index (χ3v) is 2.90. The lowest BCUT2D eigenvalue weighted by molar-refractivity contribution is 0.190. The average molecular weight is 235 g/mol. The van der Waals surface area contributed by atoms with Crippen molar-refractivity contribution < 1.29 is 9.84 Å². The Labute approximate surface area is 103 Å². The van der Waals surface area contributed by atoms with Gasteiger partial charge in [0.05, 0.1) is 12.7 Å². The van der Waals surface area contributed by atoms with Crippen molar-refractivity contribution in [2.24, 2.45) is 5.92 Å². The minimum atomic E-state index is -0.311. The van der Waals surface area contributed by atoms with Crippen molar-refractivity contribution in [3.63, 3.8) is 0 Å². The Kier molecular flexibility index (Phi) is 4.40. The molecule has 1 fully saturated rings. The Hall–Kier alpha value is -1.06. The molecule has 1 saturated carbocycles. The first-order chi connectivity index (χ1) is 8.25. The van der Waals surface area contributed by atoms with Gasteiger partial charge in [-0.2, -0.15) is 0 Å². The second-order valence-electron chi connectivity index (χ2n) is 4.84. The van der Waals surface area contributed by atoms with Crippen LogP contribution in [0.25, 0.3) is 0 Å². The second-order valence-corrected chi connectivity index (χ2v) is 4.84. The van der Waals surface area contributed by atoms with E-state index in [1.54, 1.807) is 6.92 Å². The number of aliphatic hydroxyl groups is 1. The lowest BCUT2D eigenvalue weighted by Gasteiger charge is -2.12. The first kappa shape index (κ1) is 12.4. The van der Waals surface area contributed by atoms with Crippen molar-refractivity contribution in [1.29, 1.82) is 0 Å². The molecule has 0 radical (unpaired) electrons. The molecular weight excluding hydrogens is 214 g/mol. The van der Waals surface area contributed by atoms with E-state index in [4.69, 9.17) is 4.74 Å². The zero-order chi connectivity index (χ0) is 12.1. The number of nitrogens with one attached hydrogen (secondary N) is 1. The van der Waals surface area contributed by atoms with Crippen LogP contribution in [0.15, 0.2) is 24.3 Å². The summed E-state index contributed by atoms with van der Waals surface area (Å²) in [7, 11) is 0. The van der Waals surface area contributed by atoms with E-state index >= 15 is 0 Å².